The second kappa shape index (κ2) is 14.0. The summed E-state index contributed by atoms with van der Waals surface area (Å²) < 4.78 is 2.61. The van der Waals surface area contributed by atoms with Crippen LogP contribution in [0.2, 0.25) is 0 Å². The van der Waals surface area contributed by atoms with Crippen molar-refractivity contribution in [1.82, 2.24) is 15.0 Å². The molecule has 2 aromatic heterocycles. The average molecular weight is 775 g/mol. The van der Waals surface area contributed by atoms with Crippen molar-refractivity contribution in [3.05, 3.63) is 228 Å². The lowest BCUT2D eigenvalue weighted by atomic mass is 9.62. The maximum Gasteiger partial charge on any atom is 0.164 e. The van der Waals surface area contributed by atoms with Crippen LogP contribution in [-0.4, -0.2) is 15.0 Å². The fourth-order valence-corrected chi connectivity index (χ4v) is 10.4. The van der Waals surface area contributed by atoms with Crippen molar-refractivity contribution in [2.45, 2.75) is 19.3 Å². The second-order valence-electron chi connectivity index (χ2n) is 15.3. The Kier molecular flexibility index (Phi) is 8.31. The van der Waals surface area contributed by atoms with Crippen LogP contribution in [0.25, 0.3) is 54.3 Å². The molecule has 4 nitrogen and oxygen atoms in total. The third-order valence-electron chi connectivity index (χ3n) is 11.8. The van der Waals surface area contributed by atoms with Crippen molar-refractivity contribution < 1.29 is 0 Å². The first-order valence-electron chi connectivity index (χ1n) is 20.0. The van der Waals surface area contributed by atoms with Crippen molar-refractivity contribution in [2.75, 3.05) is 4.90 Å². The van der Waals surface area contributed by atoms with Crippen LogP contribution >= 0.6 is 11.3 Å². The Bertz CT molecular complexity index is 3060. The molecule has 8 aromatic carbocycles. The zero-order valence-corrected chi connectivity index (χ0v) is 33.5. The average Bonchev–Trinajstić information content (AvgIpc) is 3.67. The minimum Gasteiger partial charge on any atom is -0.310 e. The molecule has 0 spiro atoms. The number of hydrogen-bond acceptors (Lipinski definition) is 5. The van der Waals surface area contributed by atoms with E-state index >= 15 is 0 Å². The summed E-state index contributed by atoms with van der Waals surface area (Å²) in [5.41, 5.74) is 12.9. The van der Waals surface area contributed by atoms with Crippen LogP contribution in [0.4, 0.5) is 17.1 Å². The Balaban J connectivity index is 1.12. The zero-order valence-electron chi connectivity index (χ0n) is 32.7. The molecule has 0 saturated carbocycles. The molecule has 1 aliphatic heterocycles. The van der Waals surface area contributed by atoms with Gasteiger partial charge in [0.1, 0.15) is 0 Å². The highest BCUT2D eigenvalue weighted by atomic mass is 32.1. The van der Waals surface area contributed by atoms with Crippen molar-refractivity contribution >= 4 is 48.6 Å². The van der Waals surface area contributed by atoms with E-state index in [-0.39, 0.29) is 0 Å². The van der Waals surface area contributed by atoms with Crippen molar-refractivity contribution in [3.63, 3.8) is 0 Å². The molecule has 0 bridgehead atoms. The van der Waals surface area contributed by atoms with Crippen molar-refractivity contribution in [2.24, 2.45) is 0 Å². The lowest BCUT2D eigenvalue weighted by Crippen LogP contribution is -2.37. The molecule has 5 heteroatoms. The molecular formula is C54H38N4S. The Labute approximate surface area is 347 Å². The van der Waals surface area contributed by atoms with Crippen molar-refractivity contribution in [1.29, 1.82) is 0 Å². The highest BCUT2D eigenvalue weighted by Crippen LogP contribution is 2.58. The van der Waals surface area contributed by atoms with E-state index < -0.39 is 5.41 Å². The molecule has 0 unspecified atom stereocenters. The van der Waals surface area contributed by atoms with Gasteiger partial charge >= 0.3 is 0 Å². The molecule has 0 N–H and O–H groups in total. The monoisotopic (exact) mass is 774 g/mol. The van der Waals surface area contributed by atoms with E-state index in [2.05, 4.69) is 176 Å². The van der Waals surface area contributed by atoms with Crippen LogP contribution < -0.4 is 4.90 Å². The van der Waals surface area contributed by atoms with Gasteiger partial charge in [0.15, 0.2) is 17.5 Å². The van der Waals surface area contributed by atoms with E-state index in [4.69, 9.17) is 15.0 Å². The van der Waals surface area contributed by atoms with Crippen LogP contribution in [0.1, 0.15) is 33.4 Å². The number of rotatable bonds is 6. The van der Waals surface area contributed by atoms with Gasteiger partial charge in [-0.2, -0.15) is 0 Å². The molecule has 0 saturated heterocycles. The Hall–Kier alpha value is -7.21. The molecule has 3 heterocycles. The number of thiophene rings is 1. The first-order valence-corrected chi connectivity index (χ1v) is 20.8. The highest BCUT2D eigenvalue weighted by Gasteiger charge is 2.46. The summed E-state index contributed by atoms with van der Waals surface area (Å²) >= 11 is 1.86. The van der Waals surface area contributed by atoms with Gasteiger partial charge in [-0.1, -0.05) is 152 Å². The molecule has 11 rings (SSSR count). The molecule has 0 aliphatic carbocycles. The van der Waals surface area contributed by atoms with Gasteiger partial charge in [0.25, 0.3) is 0 Å². The first kappa shape index (κ1) is 35.0. The zero-order chi connectivity index (χ0) is 39.5. The normalized spacial score (nSPS) is 13.0. The van der Waals surface area contributed by atoms with Gasteiger partial charge in [-0.15, -0.1) is 11.3 Å². The largest absolute Gasteiger partial charge is 0.310 e. The minimum atomic E-state index is -0.585. The SMILES string of the molecule is Cc1cc(N2c3ccccc3C(c3ccccc3)(c3ccc4sc5ccccc5c4c3)c3ccccc32)cc(C)c1-c1nc(-c2ccccc2)nc(-c2ccccc2)n1. The Morgan fingerprint density at radius 1 is 0.424 bits per heavy atom. The summed E-state index contributed by atoms with van der Waals surface area (Å²) in [6.07, 6.45) is 0. The molecule has 1 aliphatic rings. The van der Waals surface area contributed by atoms with E-state index in [9.17, 15) is 0 Å². The topological polar surface area (TPSA) is 41.9 Å². The number of nitrogens with zero attached hydrogens (tertiary/aromatic N) is 4. The fraction of sp³-hybridized carbons (Fsp3) is 0.0556. The maximum atomic E-state index is 5.12. The molecular weight excluding hydrogens is 737 g/mol. The van der Waals surface area contributed by atoms with Gasteiger partial charge in [0.05, 0.1) is 16.8 Å². The Morgan fingerprint density at radius 3 is 1.53 bits per heavy atom. The molecule has 280 valence electrons. The van der Waals surface area contributed by atoms with Crippen LogP contribution in [-0.2, 0) is 5.41 Å². The number of aryl methyl sites for hydroxylation is 2. The van der Waals surface area contributed by atoms with E-state index in [1.54, 1.807) is 0 Å². The summed E-state index contributed by atoms with van der Waals surface area (Å²) in [6.45, 7) is 4.35. The smallest absolute Gasteiger partial charge is 0.164 e. The van der Waals surface area contributed by atoms with Gasteiger partial charge in [-0.3, -0.25) is 0 Å². The molecule has 0 radical (unpaired) electrons. The van der Waals surface area contributed by atoms with Crippen LogP contribution in [0.3, 0.4) is 0 Å². The van der Waals surface area contributed by atoms with Gasteiger partial charge < -0.3 is 4.90 Å². The second-order valence-corrected chi connectivity index (χ2v) is 16.4. The Morgan fingerprint density at radius 2 is 0.915 bits per heavy atom. The summed E-state index contributed by atoms with van der Waals surface area (Å²) in [6, 6.07) is 69.8. The number of hydrogen-bond donors (Lipinski definition) is 0. The van der Waals surface area contributed by atoms with Gasteiger partial charge in [0.2, 0.25) is 0 Å². The maximum absolute atomic E-state index is 5.12. The lowest BCUT2D eigenvalue weighted by molar-refractivity contribution is 0.732. The van der Waals surface area contributed by atoms with Gasteiger partial charge in [-0.05, 0) is 89.7 Å². The summed E-state index contributed by atoms with van der Waals surface area (Å²) in [4.78, 5) is 17.7. The molecule has 59 heavy (non-hydrogen) atoms. The van der Waals surface area contributed by atoms with E-state index in [0.29, 0.717) is 17.5 Å². The van der Waals surface area contributed by atoms with Gasteiger partial charge in [-0.25, -0.2) is 15.0 Å². The van der Waals surface area contributed by atoms with E-state index in [1.165, 1.54) is 42.4 Å². The quantitative estimate of drug-likeness (QED) is 0.169. The summed E-state index contributed by atoms with van der Waals surface area (Å²) in [7, 11) is 0. The third kappa shape index (κ3) is 5.61. The number of anilines is 3. The van der Waals surface area contributed by atoms with E-state index in [0.717, 1.165) is 44.9 Å². The summed E-state index contributed by atoms with van der Waals surface area (Å²) in [5, 5.41) is 2.59. The van der Waals surface area contributed by atoms with Crippen molar-refractivity contribution in [3.8, 4) is 34.2 Å². The van der Waals surface area contributed by atoms with Crippen LogP contribution in [0.5, 0.6) is 0 Å². The fourth-order valence-electron chi connectivity index (χ4n) is 9.30. The van der Waals surface area contributed by atoms with Crippen LogP contribution in [0.15, 0.2) is 194 Å². The predicted octanol–water partition coefficient (Wildman–Crippen LogP) is 14.0. The van der Waals surface area contributed by atoms with Crippen LogP contribution in [0, 0.1) is 13.8 Å². The molecule has 0 fully saturated rings. The number of fused-ring (bicyclic) bond motifs is 5. The lowest BCUT2D eigenvalue weighted by Gasteiger charge is -2.46. The number of benzene rings is 8. The molecule has 0 amide bonds. The number of aromatic nitrogens is 3. The minimum absolute atomic E-state index is 0.585. The number of para-hydroxylation sites is 2. The van der Waals surface area contributed by atoms with Gasteiger partial charge in [0, 0.05) is 42.6 Å². The molecule has 0 atom stereocenters. The van der Waals surface area contributed by atoms with E-state index in [1.807, 2.05) is 47.7 Å². The standard InChI is InChI=1S/C54H38N4S/c1-35-32-41(33-36(2)50(35)53-56-51(37-18-6-3-7-19-37)55-52(57-53)38-20-8-4-9-21-38)58-46-27-15-13-25-44(46)54(39-22-10-5-11-23-39,45-26-14-16-28-47(45)58)40-30-31-49-43(34-40)42-24-12-17-29-48(42)59-49/h3-34H,1-2H3. The summed E-state index contributed by atoms with van der Waals surface area (Å²) in [5.74, 6) is 1.97. The predicted molar refractivity (Wildman–Crippen MR) is 245 cm³/mol. The third-order valence-corrected chi connectivity index (χ3v) is 13.0. The first-order chi connectivity index (χ1) is 29.1. The highest BCUT2D eigenvalue weighted by molar-refractivity contribution is 7.25. The molecule has 10 aromatic rings.